The summed E-state index contributed by atoms with van der Waals surface area (Å²) in [5.41, 5.74) is 8.32. The Kier molecular flexibility index (Phi) is 6.21. The van der Waals surface area contributed by atoms with E-state index in [0.717, 1.165) is 5.56 Å². The molecule has 1 unspecified atom stereocenters. The molecule has 0 aromatic heterocycles. The predicted molar refractivity (Wildman–Crippen MR) is 84.5 cm³/mol. The van der Waals surface area contributed by atoms with Crippen molar-refractivity contribution >= 4 is 5.91 Å². The van der Waals surface area contributed by atoms with E-state index in [2.05, 4.69) is 57.3 Å². The minimum Gasteiger partial charge on any atom is -0.348 e. The molecule has 0 saturated carbocycles. The van der Waals surface area contributed by atoms with Gasteiger partial charge in [-0.05, 0) is 36.3 Å². The molecule has 0 saturated heterocycles. The summed E-state index contributed by atoms with van der Waals surface area (Å²) in [6.07, 6.45) is 0.713. The molecule has 0 aliphatic rings. The maximum Gasteiger partial charge on any atom is 0.237 e. The summed E-state index contributed by atoms with van der Waals surface area (Å²) in [5, 5.41) is 2.99. The molecule has 1 aromatic rings. The van der Waals surface area contributed by atoms with Crippen LogP contribution in [0.1, 0.15) is 64.1 Å². The lowest BCUT2D eigenvalue weighted by molar-refractivity contribution is -0.123. The molecule has 0 heterocycles. The first-order valence-electron chi connectivity index (χ1n) is 7.47. The number of carbonyl (C=O) groups excluding carboxylic acids is 1. The Morgan fingerprint density at radius 2 is 1.55 bits per heavy atom. The number of nitrogens with two attached hydrogens (primary N) is 1. The normalized spacial score (nSPS) is 14.4. The first kappa shape index (κ1) is 16.7. The molecule has 2 atom stereocenters. The monoisotopic (exact) mass is 276 g/mol. The Morgan fingerprint density at radius 3 is 2.00 bits per heavy atom. The van der Waals surface area contributed by atoms with Crippen molar-refractivity contribution in [3.05, 3.63) is 35.4 Å². The Balaban J connectivity index is 2.61. The maximum absolute atomic E-state index is 12.0. The van der Waals surface area contributed by atoms with Gasteiger partial charge in [-0.15, -0.1) is 0 Å². The van der Waals surface area contributed by atoms with Crippen LogP contribution >= 0.6 is 0 Å². The lowest BCUT2D eigenvalue weighted by Crippen LogP contribution is -2.42. The third-order valence-corrected chi connectivity index (χ3v) is 3.52. The number of benzene rings is 1. The predicted octanol–water partition coefficient (Wildman–Crippen LogP) is 3.36. The van der Waals surface area contributed by atoms with Gasteiger partial charge in [-0.2, -0.15) is 0 Å². The van der Waals surface area contributed by atoms with Crippen LogP contribution in [0.5, 0.6) is 0 Å². The molecule has 112 valence electrons. The van der Waals surface area contributed by atoms with E-state index < -0.39 is 6.04 Å². The minimum atomic E-state index is -0.424. The van der Waals surface area contributed by atoms with Crippen LogP contribution < -0.4 is 11.1 Å². The molecule has 1 rings (SSSR count). The van der Waals surface area contributed by atoms with Gasteiger partial charge in [0.15, 0.2) is 0 Å². The van der Waals surface area contributed by atoms with E-state index in [9.17, 15) is 4.79 Å². The number of rotatable bonds is 6. The second-order valence-electron chi connectivity index (χ2n) is 6.29. The van der Waals surface area contributed by atoms with Crippen LogP contribution in [0.3, 0.4) is 0 Å². The van der Waals surface area contributed by atoms with Crippen LogP contribution in [0.4, 0.5) is 0 Å². The fourth-order valence-corrected chi connectivity index (χ4v) is 2.19. The van der Waals surface area contributed by atoms with Crippen molar-refractivity contribution < 1.29 is 4.79 Å². The molecule has 0 aliphatic heterocycles. The topological polar surface area (TPSA) is 55.1 Å². The lowest BCUT2D eigenvalue weighted by atomic mass is 9.99. The first-order valence-corrected chi connectivity index (χ1v) is 7.47. The molecule has 0 radical (unpaired) electrons. The highest BCUT2D eigenvalue weighted by Crippen LogP contribution is 2.18. The van der Waals surface area contributed by atoms with Crippen LogP contribution in [0, 0.1) is 5.92 Å². The van der Waals surface area contributed by atoms with Crippen molar-refractivity contribution in [2.75, 3.05) is 0 Å². The molecular weight excluding hydrogens is 248 g/mol. The van der Waals surface area contributed by atoms with E-state index in [1.165, 1.54) is 5.56 Å². The molecule has 0 aliphatic carbocycles. The smallest absolute Gasteiger partial charge is 0.237 e. The van der Waals surface area contributed by atoms with Gasteiger partial charge < -0.3 is 11.1 Å². The van der Waals surface area contributed by atoms with Gasteiger partial charge >= 0.3 is 0 Å². The van der Waals surface area contributed by atoms with Crippen molar-refractivity contribution in [1.82, 2.24) is 5.32 Å². The summed E-state index contributed by atoms with van der Waals surface area (Å²) in [6.45, 7) is 10.5. The Morgan fingerprint density at radius 1 is 1.05 bits per heavy atom. The van der Waals surface area contributed by atoms with E-state index in [0.29, 0.717) is 18.3 Å². The maximum atomic E-state index is 12.0. The van der Waals surface area contributed by atoms with Gasteiger partial charge in [-0.1, -0.05) is 52.0 Å². The lowest BCUT2D eigenvalue weighted by Gasteiger charge is -2.19. The van der Waals surface area contributed by atoms with Crippen molar-refractivity contribution in [3.8, 4) is 0 Å². The van der Waals surface area contributed by atoms with Crippen molar-refractivity contribution in [2.24, 2.45) is 11.7 Å². The van der Waals surface area contributed by atoms with Crippen LogP contribution in [-0.4, -0.2) is 11.9 Å². The molecule has 0 fully saturated rings. The zero-order valence-electron chi connectivity index (χ0n) is 13.3. The average molecular weight is 276 g/mol. The third-order valence-electron chi connectivity index (χ3n) is 3.52. The summed E-state index contributed by atoms with van der Waals surface area (Å²) in [6, 6.07) is 7.96. The fourth-order valence-electron chi connectivity index (χ4n) is 2.19. The van der Waals surface area contributed by atoms with Crippen LogP contribution in [0.25, 0.3) is 0 Å². The zero-order valence-corrected chi connectivity index (χ0v) is 13.3. The van der Waals surface area contributed by atoms with E-state index in [4.69, 9.17) is 5.73 Å². The summed E-state index contributed by atoms with van der Waals surface area (Å²) in [7, 11) is 0. The quantitative estimate of drug-likeness (QED) is 0.837. The molecule has 1 amide bonds. The van der Waals surface area contributed by atoms with Gasteiger partial charge in [0, 0.05) is 0 Å². The summed E-state index contributed by atoms with van der Waals surface area (Å²) in [4.78, 5) is 12.0. The van der Waals surface area contributed by atoms with E-state index in [1.807, 2.05) is 6.92 Å². The van der Waals surface area contributed by atoms with Gasteiger partial charge in [-0.25, -0.2) is 0 Å². The number of hydrogen-bond acceptors (Lipinski definition) is 2. The molecule has 1 aromatic carbocycles. The van der Waals surface area contributed by atoms with Gasteiger partial charge in [0.25, 0.3) is 0 Å². The summed E-state index contributed by atoms with van der Waals surface area (Å²) < 4.78 is 0. The highest BCUT2D eigenvalue weighted by atomic mass is 16.2. The zero-order chi connectivity index (χ0) is 15.3. The van der Waals surface area contributed by atoms with Crippen LogP contribution in [0.2, 0.25) is 0 Å². The van der Waals surface area contributed by atoms with Crippen LogP contribution in [-0.2, 0) is 4.79 Å². The summed E-state index contributed by atoms with van der Waals surface area (Å²) >= 11 is 0. The van der Waals surface area contributed by atoms with Gasteiger partial charge in [0.05, 0.1) is 12.1 Å². The van der Waals surface area contributed by atoms with Crippen LogP contribution in [0.15, 0.2) is 24.3 Å². The highest BCUT2D eigenvalue weighted by Gasteiger charge is 2.17. The van der Waals surface area contributed by atoms with Crippen molar-refractivity contribution in [3.63, 3.8) is 0 Å². The van der Waals surface area contributed by atoms with E-state index in [1.54, 1.807) is 0 Å². The number of amides is 1. The second-order valence-corrected chi connectivity index (χ2v) is 6.29. The Labute approximate surface area is 122 Å². The standard InChI is InChI=1S/C17H28N2O/c1-11(2)10-16(18)17(20)19-13(5)15-8-6-14(7-9-15)12(3)4/h6-9,11-13,16H,10,18H2,1-5H3,(H,19,20)/t13?,16-/m0/s1. The highest BCUT2D eigenvalue weighted by molar-refractivity contribution is 5.81. The SMILES string of the molecule is CC(C)C[C@H](N)C(=O)NC(C)c1ccc(C(C)C)cc1. The molecule has 3 N–H and O–H groups in total. The Bertz CT molecular complexity index is 423. The summed E-state index contributed by atoms with van der Waals surface area (Å²) in [5.74, 6) is 0.879. The average Bonchev–Trinajstić information content (AvgIpc) is 2.37. The number of nitrogens with one attached hydrogen (secondary N) is 1. The molecule has 3 heteroatoms. The van der Waals surface area contributed by atoms with Gasteiger partial charge in [-0.3, -0.25) is 4.79 Å². The van der Waals surface area contributed by atoms with Gasteiger partial charge in [0.2, 0.25) is 5.91 Å². The van der Waals surface area contributed by atoms with Crippen molar-refractivity contribution in [1.29, 1.82) is 0 Å². The Hall–Kier alpha value is -1.35. The molecular formula is C17H28N2O. The van der Waals surface area contributed by atoms with E-state index >= 15 is 0 Å². The largest absolute Gasteiger partial charge is 0.348 e. The third kappa shape index (κ3) is 4.97. The fraction of sp³-hybridized carbons (Fsp3) is 0.588. The van der Waals surface area contributed by atoms with E-state index in [-0.39, 0.29) is 11.9 Å². The second kappa shape index (κ2) is 7.44. The molecule has 20 heavy (non-hydrogen) atoms. The molecule has 0 bridgehead atoms. The van der Waals surface area contributed by atoms with Crippen molar-refractivity contribution in [2.45, 2.75) is 59.0 Å². The number of carbonyl (C=O) groups is 1. The molecule has 3 nitrogen and oxygen atoms in total. The molecule has 0 spiro atoms. The van der Waals surface area contributed by atoms with Gasteiger partial charge in [0.1, 0.15) is 0 Å². The first-order chi connectivity index (χ1) is 9.31. The minimum absolute atomic E-state index is 0.0121. The number of hydrogen-bond donors (Lipinski definition) is 2.